The van der Waals surface area contributed by atoms with E-state index in [1.807, 2.05) is 26.0 Å². The van der Waals surface area contributed by atoms with Crippen LogP contribution in [0.15, 0.2) is 18.2 Å². The fourth-order valence-electron chi connectivity index (χ4n) is 1.83. The number of benzene rings is 1. The fourth-order valence-corrected chi connectivity index (χ4v) is 1.83. The first-order valence-electron chi connectivity index (χ1n) is 5.61. The van der Waals surface area contributed by atoms with Gasteiger partial charge in [-0.05, 0) is 26.3 Å². The molecule has 0 amide bonds. The lowest BCUT2D eigenvalue weighted by Gasteiger charge is -2.09. The summed E-state index contributed by atoms with van der Waals surface area (Å²) in [4.78, 5) is 23.1. The number of hydrogen-bond donors (Lipinski definition) is 0. The number of ketones is 1. The Bertz CT molecular complexity index is 415. The summed E-state index contributed by atoms with van der Waals surface area (Å²) in [6.45, 7) is 5.56. The van der Waals surface area contributed by atoms with Crippen LogP contribution in [0.3, 0.4) is 0 Å². The van der Waals surface area contributed by atoms with Crippen LogP contribution < -0.4 is 0 Å². The molecule has 1 aromatic rings. The van der Waals surface area contributed by atoms with E-state index in [-0.39, 0.29) is 12.2 Å². The van der Waals surface area contributed by atoms with Gasteiger partial charge in [-0.25, -0.2) is 0 Å². The van der Waals surface area contributed by atoms with Crippen molar-refractivity contribution in [3.05, 3.63) is 34.9 Å². The second-order valence-corrected chi connectivity index (χ2v) is 4.38. The van der Waals surface area contributed by atoms with Crippen LogP contribution in [-0.2, 0) is 20.7 Å². The quantitative estimate of drug-likeness (QED) is 0.592. The van der Waals surface area contributed by atoms with Crippen LogP contribution in [0, 0.1) is 19.8 Å². The van der Waals surface area contributed by atoms with Crippen LogP contribution in [0.5, 0.6) is 0 Å². The third-order valence-corrected chi connectivity index (χ3v) is 2.70. The van der Waals surface area contributed by atoms with Crippen molar-refractivity contribution in [1.82, 2.24) is 0 Å². The minimum absolute atomic E-state index is 0.109. The molecule has 0 saturated heterocycles. The number of hydrogen-bond acceptors (Lipinski definition) is 3. The highest BCUT2D eigenvalue weighted by Gasteiger charge is 2.21. The summed E-state index contributed by atoms with van der Waals surface area (Å²) >= 11 is 0. The lowest BCUT2D eigenvalue weighted by Crippen LogP contribution is -2.23. The molecule has 0 spiro atoms. The number of carbonyl (C=O) groups excluding carboxylic acids is 2. The molecule has 0 fully saturated rings. The summed E-state index contributed by atoms with van der Waals surface area (Å²) in [6.07, 6.45) is 0.277. The van der Waals surface area contributed by atoms with Gasteiger partial charge in [0.1, 0.15) is 5.92 Å². The van der Waals surface area contributed by atoms with E-state index in [9.17, 15) is 9.59 Å². The molecule has 0 aliphatic heterocycles. The minimum Gasteiger partial charge on any atom is -0.468 e. The van der Waals surface area contributed by atoms with E-state index in [0.29, 0.717) is 0 Å². The molecular formula is C14H18O3. The Labute approximate surface area is 102 Å². The Hall–Kier alpha value is -1.64. The van der Waals surface area contributed by atoms with Gasteiger partial charge in [0, 0.05) is 6.42 Å². The predicted molar refractivity (Wildman–Crippen MR) is 65.8 cm³/mol. The van der Waals surface area contributed by atoms with Crippen molar-refractivity contribution in [3.8, 4) is 0 Å². The number of Topliss-reactive ketones (excluding diaryl/α,β-unsaturated/α-hetero) is 1. The molecule has 0 saturated carbocycles. The highest BCUT2D eigenvalue weighted by Crippen LogP contribution is 2.12. The largest absolute Gasteiger partial charge is 0.468 e. The Kier molecular flexibility index (Phi) is 4.44. The summed E-state index contributed by atoms with van der Waals surface area (Å²) in [7, 11) is 1.29. The van der Waals surface area contributed by atoms with Crippen LogP contribution in [-0.4, -0.2) is 18.9 Å². The summed E-state index contributed by atoms with van der Waals surface area (Å²) < 4.78 is 4.56. The topological polar surface area (TPSA) is 43.4 Å². The van der Waals surface area contributed by atoms with Crippen molar-refractivity contribution in [1.29, 1.82) is 0 Å². The van der Waals surface area contributed by atoms with Gasteiger partial charge in [-0.1, -0.05) is 29.3 Å². The average molecular weight is 234 g/mol. The predicted octanol–water partition coefficient (Wildman–Crippen LogP) is 2.22. The monoisotopic (exact) mass is 234 g/mol. The molecule has 1 atom stereocenters. The standard InChI is InChI=1S/C14H18O3/c1-9-5-10(2)7-12(6-9)8-13(15)11(3)14(16)17-4/h5-7,11H,8H2,1-4H3. The van der Waals surface area contributed by atoms with Crippen molar-refractivity contribution in [2.24, 2.45) is 5.92 Å². The van der Waals surface area contributed by atoms with Gasteiger partial charge in [-0.15, -0.1) is 0 Å². The number of carbonyl (C=O) groups is 2. The maximum Gasteiger partial charge on any atom is 0.315 e. The van der Waals surface area contributed by atoms with Gasteiger partial charge in [0.2, 0.25) is 0 Å². The second-order valence-electron chi connectivity index (χ2n) is 4.38. The molecule has 3 nitrogen and oxygen atoms in total. The molecule has 92 valence electrons. The van der Waals surface area contributed by atoms with E-state index < -0.39 is 11.9 Å². The van der Waals surface area contributed by atoms with Crippen molar-refractivity contribution < 1.29 is 14.3 Å². The zero-order chi connectivity index (χ0) is 13.0. The number of aryl methyl sites for hydroxylation is 2. The summed E-state index contributed by atoms with van der Waals surface area (Å²) in [6, 6.07) is 5.99. The van der Waals surface area contributed by atoms with Gasteiger partial charge >= 0.3 is 5.97 Å². The third-order valence-electron chi connectivity index (χ3n) is 2.70. The summed E-state index contributed by atoms with van der Waals surface area (Å²) in [5.41, 5.74) is 3.19. The maximum atomic E-state index is 11.8. The van der Waals surface area contributed by atoms with Gasteiger partial charge in [0.05, 0.1) is 7.11 Å². The molecule has 0 aliphatic carbocycles. The van der Waals surface area contributed by atoms with Crippen molar-refractivity contribution in [2.75, 3.05) is 7.11 Å². The maximum absolute atomic E-state index is 11.8. The zero-order valence-electron chi connectivity index (χ0n) is 10.7. The number of esters is 1. The van der Waals surface area contributed by atoms with Crippen LogP contribution >= 0.6 is 0 Å². The van der Waals surface area contributed by atoms with Crippen LogP contribution in [0.1, 0.15) is 23.6 Å². The Morgan fingerprint density at radius 1 is 1.18 bits per heavy atom. The lowest BCUT2D eigenvalue weighted by atomic mass is 9.97. The molecule has 17 heavy (non-hydrogen) atoms. The molecule has 0 N–H and O–H groups in total. The first kappa shape index (κ1) is 13.4. The number of rotatable bonds is 4. The first-order chi connectivity index (χ1) is 7.93. The average Bonchev–Trinajstić information content (AvgIpc) is 2.25. The molecule has 0 radical (unpaired) electrons. The van der Waals surface area contributed by atoms with Crippen LogP contribution in [0.2, 0.25) is 0 Å². The van der Waals surface area contributed by atoms with Crippen LogP contribution in [0.25, 0.3) is 0 Å². The molecule has 0 aromatic heterocycles. The Morgan fingerprint density at radius 2 is 1.71 bits per heavy atom. The normalized spacial score (nSPS) is 12.0. The number of methoxy groups -OCH3 is 1. The first-order valence-corrected chi connectivity index (χ1v) is 5.61. The van der Waals surface area contributed by atoms with Crippen LogP contribution in [0.4, 0.5) is 0 Å². The molecule has 0 heterocycles. The molecule has 1 unspecified atom stereocenters. The van der Waals surface area contributed by atoms with E-state index in [0.717, 1.165) is 16.7 Å². The van der Waals surface area contributed by atoms with Gasteiger partial charge in [-0.2, -0.15) is 0 Å². The van der Waals surface area contributed by atoms with E-state index in [2.05, 4.69) is 10.8 Å². The lowest BCUT2D eigenvalue weighted by molar-refractivity contribution is -0.148. The smallest absolute Gasteiger partial charge is 0.315 e. The molecule has 3 heteroatoms. The van der Waals surface area contributed by atoms with Crippen molar-refractivity contribution >= 4 is 11.8 Å². The zero-order valence-corrected chi connectivity index (χ0v) is 10.7. The number of ether oxygens (including phenoxy) is 1. The highest BCUT2D eigenvalue weighted by molar-refractivity contribution is 5.99. The fraction of sp³-hybridized carbons (Fsp3) is 0.429. The van der Waals surface area contributed by atoms with Gasteiger partial charge < -0.3 is 4.74 Å². The minimum atomic E-state index is -0.694. The summed E-state index contributed by atoms with van der Waals surface area (Å²) in [5.74, 6) is -1.28. The molecule has 0 aliphatic rings. The van der Waals surface area contributed by atoms with Crippen molar-refractivity contribution in [3.63, 3.8) is 0 Å². The molecule has 1 rings (SSSR count). The Morgan fingerprint density at radius 3 is 2.18 bits per heavy atom. The van der Waals surface area contributed by atoms with E-state index in [1.165, 1.54) is 7.11 Å². The SMILES string of the molecule is COC(=O)C(C)C(=O)Cc1cc(C)cc(C)c1. The van der Waals surface area contributed by atoms with Gasteiger partial charge in [0.25, 0.3) is 0 Å². The third kappa shape index (κ3) is 3.70. The Balaban J connectivity index is 2.77. The molecule has 0 bridgehead atoms. The van der Waals surface area contributed by atoms with E-state index in [1.54, 1.807) is 6.92 Å². The van der Waals surface area contributed by atoms with Crippen molar-refractivity contribution in [2.45, 2.75) is 27.2 Å². The van der Waals surface area contributed by atoms with E-state index in [4.69, 9.17) is 0 Å². The van der Waals surface area contributed by atoms with E-state index >= 15 is 0 Å². The second kappa shape index (κ2) is 5.62. The summed E-state index contributed by atoms with van der Waals surface area (Å²) in [5, 5.41) is 0. The molecular weight excluding hydrogens is 216 g/mol. The van der Waals surface area contributed by atoms with Gasteiger partial charge in [0.15, 0.2) is 5.78 Å². The highest BCUT2D eigenvalue weighted by atomic mass is 16.5. The van der Waals surface area contributed by atoms with Gasteiger partial charge in [-0.3, -0.25) is 9.59 Å². The molecule has 1 aromatic carbocycles.